The molecule has 0 fully saturated rings. The van der Waals surface area contributed by atoms with E-state index in [1.807, 2.05) is 12.1 Å². The van der Waals surface area contributed by atoms with Gasteiger partial charge in [-0.05, 0) is 18.2 Å². The van der Waals surface area contributed by atoms with Crippen LogP contribution >= 0.6 is 0 Å². The number of benzene rings is 1. The van der Waals surface area contributed by atoms with E-state index in [0.29, 0.717) is 11.3 Å². The third kappa shape index (κ3) is 0.823. The number of nitrogens with one attached hydrogen (secondary N) is 1. The Labute approximate surface area is 69.4 Å². The predicted octanol–water partition coefficient (Wildman–Crippen LogP) is 1.62. The lowest BCUT2D eigenvalue weighted by atomic mass is 10.2. The van der Waals surface area contributed by atoms with Gasteiger partial charge in [-0.3, -0.25) is 0 Å². The van der Waals surface area contributed by atoms with Crippen molar-refractivity contribution in [2.45, 2.75) is 0 Å². The minimum Gasteiger partial charge on any atom is -0.399 e. The minimum absolute atomic E-state index is 0.657. The van der Waals surface area contributed by atoms with Crippen molar-refractivity contribution in [3.05, 3.63) is 30.0 Å². The van der Waals surface area contributed by atoms with Crippen LogP contribution in [0.5, 0.6) is 0 Å². The number of hydrogen-bond donors (Lipinski definition) is 2. The second kappa shape index (κ2) is 2.28. The zero-order valence-electron chi connectivity index (χ0n) is 6.33. The van der Waals surface area contributed by atoms with E-state index in [1.165, 1.54) is 0 Å². The molecule has 12 heavy (non-hydrogen) atoms. The molecular weight excluding hydrogens is 150 g/mol. The van der Waals surface area contributed by atoms with Gasteiger partial charge < -0.3 is 10.7 Å². The normalized spacial score (nSPS) is 9.92. The van der Waals surface area contributed by atoms with E-state index in [4.69, 9.17) is 11.0 Å². The van der Waals surface area contributed by atoms with E-state index < -0.39 is 0 Å². The quantitative estimate of drug-likeness (QED) is 0.570. The van der Waals surface area contributed by atoms with Gasteiger partial charge >= 0.3 is 0 Å². The fourth-order valence-corrected chi connectivity index (χ4v) is 1.24. The smallest absolute Gasteiger partial charge is 0.101 e. The lowest BCUT2D eigenvalue weighted by molar-refractivity contribution is 1.45. The lowest BCUT2D eigenvalue weighted by Gasteiger charge is -1.92. The Balaban J connectivity index is 2.84. The van der Waals surface area contributed by atoms with Crippen LogP contribution in [0.1, 0.15) is 5.56 Å². The van der Waals surface area contributed by atoms with Crippen LogP contribution in [0.3, 0.4) is 0 Å². The standard InChI is InChI=1S/C9H7N3/c10-4-6-5-12-9-3-7(11)1-2-8(6)9/h1-3,5,12H,11H2. The summed E-state index contributed by atoms with van der Waals surface area (Å²) in [7, 11) is 0. The zero-order chi connectivity index (χ0) is 8.55. The summed E-state index contributed by atoms with van der Waals surface area (Å²) in [5, 5.41) is 9.62. The second-order valence-corrected chi connectivity index (χ2v) is 2.62. The van der Waals surface area contributed by atoms with Crippen LogP contribution in [0.25, 0.3) is 10.9 Å². The summed E-state index contributed by atoms with van der Waals surface area (Å²) in [5.41, 5.74) is 7.84. The molecule has 0 spiro atoms. The monoisotopic (exact) mass is 157 g/mol. The Hall–Kier alpha value is -1.95. The first-order valence-corrected chi connectivity index (χ1v) is 3.58. The third-order valence-corrected chi connectivity index (χ3v) is 1.83. The maximum absolute atomic E-state index is 8.69. The van der Waals surface area contributed by atoms with Gasteiger partial charge in [0.25, 0.3) is 0 Å². The number of hydrogen-bond acceptors (Lipinski definition) is 2. The molecule has 2 rings (SSSR count). The maximum Gasteiger partial charge on any atom is 0.101 e. The number of H-pyrrole nitrogens is 1. The molecule has 3 nitrogen and oxygen atoms in total. The van der Waals surface area contributed by atoms with Gasteiger partial charge in [-0.15, -0.1) is 0 Å². The van der Waals surface area contributed by atoms with Crippen molar-refractivity contribution in [2.24, 2.45) is 0 Å². The van der Waals surface area contributed by atoms with E-state index in [9.17, 15) is 0 Å². The van der Waals surface area contributed by atoms with Gasteiger partial charge in [0.2, 0.25) is 0 Å². The molecule has 3 heteroatoms. The summed E-state index contributed by atoms with van der Waals surface area (Å²) in [6, 6.07) is 7.55. The van der Waals surface area contributed by atoms with E-state index in [0.717, 1.165) is 10.9 Å². The number of aromatic amines is 1. The van der Waals surface area contributed by atoms with Gasteiger partial charge in [0.15, 0.2) is 0 Å². The summed E-state index contributed by atoms with van der Waals surface area (Å²) >= 11 is 0. The van der Waals surface area contributed by atoms with E-state index in [-0.39, 0.29) is 0 Å². The molecule has 2 aromatic rings. The number of fused-ring (bicyclic) bond motifs is 1. The molecule has 1 aromatic carbocycles. The van der Waals surface area contributed by atoms with Crippen molar-refractivity contribution in [1.29, 1.82) is 5.26 Å². The molecule has 0 aliphatic carbocycles. The number of aromatic nitrogens is 1. The molecule has 3 N–H and O–H groups in total. The summed E-state index contributed by atoms with van der Waals surface area (Å²) in [6.07, 6.45) is 1.68. The van der Waals surface area contributed by atoms with Crippen molar-refractivity contribution >= 4 is 16.6 Å². The van der Waals surface area contributed by atoms with Gasteiger partial charge in [-0.1, -0.05) is 0 Å². The van der Waals surface area contributed by atoms with Crippen LogP contribution in [0.2, 0.25) is 0 Å². The zero-order valence-corrected chi connectivity index (χ0v) is 6.33. The first-order valence-electron chi connectivity index (χ1n) is 3.58. The topological polar surface area (TPSA) is 65.6 Å². The number of nitrogens with two attached hydrogens (primary N) is 1. The first-order chi connectivity index (χ1) is 5.81. The molecule has 1 heterocycles. The van der Waals surface area contributed by atoms with Crippen LogP contribution in [0.15, 0.2) is 24.4 Å². The van der Waals surface area contributed by atoms with Crippen molar-refractivity contribution < 1.29 is 0 Å². The highest BCUT2D eigenvalue weighted by molar-refractivity contribution is 5.87. The predicted molar refractivity (Wildman–Crippen MR) is 47.4 cm³/mol. The molecule has 1 aromatic heterocycles. The number of nitriles is 1. The lowest BCUT2D eigenvalue weighted by Crippen LogP contribution is -1.82. The fourth-order valence-electron chi connectivity index (χ4n) is 1.24. The van der Waals surface area contributed by atoms with Gasteiger partial charge in [0, 0.05) is 22.8 Å². The maximum atomic E-state index is 8.69. The van der Waals surface area contributed by atoms with Crippen LogP contribution in [-0.4, -0.2) is 4.98 Å². The van der Waals surface area contributed by atoms with Gasteiger partial charge in [-0.25, -0.2) is 0 Å². The Morgan fingerprint density at radius 1 is 1.42 bits per heavy atom. The average molecular weight is 157 g/mol. The van der Waals surface area contributed by atoms with Crippen LogP contribution in [-0.2, 0) is 0 Å². The second-order valence-electron chi connectivity index (χ2n) is 2.62. The number of nitrogens with zero attached hydrogens (tertiary/aromatic N) is 1. The fraction of sp³-hybridized carbons (Fsp3) is 0. The largest absolute Gasteiger partial charge is 0.399 e. The summed E-state index contributed by atoms with van der Waals surface area (Å²) in [4.78, 5) is 2.98. The van der Waals surface area contributed by atoms with Crippen molar-refractivity contribution in [3.63, 3.8) is 0 Å². The molecular formula is C9H7N3. The SMILES string of the molecule is N#Cc1c[nH]c2cc(N)ccc12. The summed E-state index contributed by atoms with van der Waals surface area (Å²) < 4.78 is 0. The van der Waals surface area contributed by atoms with Crippen LogP contribution in [0, 0.1) is 11.3 Å². The molecule has 0 aliphatic rings. The summed E-state index contributed by atoms with van der Waals surface area (Å²) in [6.45, 7) is 0. The highest BCUT2D eigenvalue weighted by Crippen LogP contribution is 2.19. The molecule has 0 atom stereocenters. The van der Waals surface area contributed by atoms with E-state index >= 15 is 0 Å². The van der Waals surface area contributed by atoms with Gasteiger partial charge in [0.05, 0.1) is 5.56 Å². The van der Waals surface area contributed by atoms with Gasteiger partial charge in [0.1, 0.15) is 6.07 Å². The minimum atomic E-state index is 0.657. The molecule has 0 radical (unpaired) electrons. The Morgan fingerprint density at radius 2 is 2.25 bits per heavy atom. The molecule has 0 amide bonds. The van der Waals surface area contributed by atoms with Crippen molar-refractivity contribution in [3.8, 4) is 6.07 Å². The van der Waals surface area contributed by atoms with Gasteiger partial charge in [-0.2, -0.15) is 5.26 Å². The molecule has 0 unspecified atom stereocenters. The molecule has 0 saturated carbocycles. The average Bonchev–Trinajstić information content (AvgIpc) is 2.46. The van der Waals surface area contributed by atoms with E-state index in [2.05, 4.69) is 11.1 Å². The summed E-state index contributed by atoms with van der Waals surface area (Å²) in [5.74, 6) is 0. The molecule has 0 saturated heterocycles. The number of rotatable bonds is 0. The van der Waals surface area contributed by atoms with Crippen molar-refractivity contribution in [2.75, 3.05) is 5.73 Å². The Kier molecular flexibility index (Phi) is 1.28. The third-order valence-electron chi connectivity index (χ3n) is 1.83. The first kappa shape index (κ1) is 6.74. The van der Waals surface area contributed by atoms with E-state index in [1.54, 1.807) is 12.3 Å². The Morgan fingerprint density at radius 3 is 3.00 bits per heavy atom. The highest BCUT2D eigenvalue weighted by Gasteiger charge is 2.01. The molecule has 0 aliphatic heterocycles. The molecule has 0 bridgehead atoms. The Bertz CT molecular complexity index is 462. The van der Waals surface area contributed by atoms with Crippen LogP contribution < -0.4 is 5.73 Å². The number of anilines is 1. The highest BCUT2D eigenvalue weighted by atomic mass is 14.7. The van der Waals surface area contributed by atoms with Crippen molar-refractivity contribution in [1.82, 2.24) is 4.98 Å². The van der Waals surface area contributed by atoms with Crippen LogP contribution in [0.4, 0.5) is 5.69 Å². The molecule has 58 valence electrons. The number of nitrogen functional groups attached to an aromatic ring is 1.